The molecular formula is C15H22FNO2. The first-order valence-corrected chi connectivity index (χ1v) is 6.74. The maximum atomic E-state index is 13.7. The molecule has 106 valence electrons. The average Bonchev–Trinajstić information content (AvgIpc) is 2.36. The molecular weight excluding hydrogens is 245 g/mol. The lowest BCUT2D eigenvalue weighted by molar-refractivity contribution is -0.121. The number of rotatable bonds is 7. The van der Waals surface area contributed by atoms with Gasteiger partial charge in [-0.05, 0) is 38.0 Å². The fourth-order valence-electron chi connectivity index (χ4n) is 1.63. The van der Waals surface area contributed by atoms with E-state index >= 15 is 0 Å². The normalized spacial score (nSPS) is 10.6. The first kappa shape index (κ1) is 15.5. The summed E-state index contributed by atoms with van der Waals surface area (Å²) in [4.78, 5) is 11.4. The minimum Gasteiger partial charge on any atom is -0.488 e. The Balaban J connectivity index is 2.51. The smallest absolute Gasteiger partial charge is 0.220 e. The molecule has 0 atom stereocenters. The first-order valence-electron chi connectivity index (χ1n) is 6.74. The van der Waals surface area contributed by atoms with E-state index < -0.39 is 5.82 Å². The SMILES string of the molecule is CCCCC(=O)NCc1ccc(OC(C)C)c(F)c1. The maximum absolute atomic E-state index is 13.7. The number of amides is 1. The number of carbonyl (C=O) groups excluding carboxylic acids is 1. The second-order valence-electron chi connectivity index (χ2n) is 4.81. The number of halogens is 1. The number of hydrogen-bond donors (Lipinski definition) is 1. The minimum absolute atomic E-state index is 0.00441. The Morgan fingerprint density at radius 3 is 2.74 bits per heavy atom. The molecule has 0 unspecified atom stereocenters. The number of hydrogen-bond acceptors (Lipinski definition) is 2. The molecule has 3 nitrogen and oxygen atoms in total. The highest BCUT2D eigenvalue weighted by Crippen LogP contribution is 2.19. The molecule has 1 aromatic rings. The van der Waals surface area contributed by atoms with E-state index in [1.54, 1.807) is 12.1 Å². The van der Waals surface area contributed by atoms with Crippen LogP contribution in [0.15, 0.2) is 18.2 Å². The second-order valence-corrected chi connectivity index (χ2v) is 4.81. The van der Waals surface area contributed by atoms with Gasteiger partial charge in [0.15, 0.2) is 11.6 Å². The monoisotopic (exact) mass is 267 g/mol. The molecule has 1 N–H and O–H groups in total. The summed E-state index contributed by atoms with van der Waals surface area (Å²) in [7, 11) is 0. The molecule has 0 heterocycles. The van der Waals surface area contributed by atoms with Crippen molar-refractivity contribution in [3.05, 3.63) is 29.6 Å². The van der Waals surface area contributed by atoms with Crippen LogP contribution in [0, 0.1) is 5.82 Å². The molecule has 0 saturated carbocycles. The summed E-state index contributed by atoms with van der Waals surface area (Å²) in [6.45, 7) is 6.08. The Hall–Kier alpha value is -1.58. The van der Waals surface area contributed by atoms with E-state index in [-0.39, 0.29) is 17.8 Å². The molecule has 0 saturated heterocycles. The Morgan fingerprint density at radius 2 is 2.16 bits per heavy atom. The van der Waals surface area contributed by atoms with Crippen molar-refractivity contribution in [2.24, 2.45) is 0 Å². The van der Waals surface area contributed by atoms with E-state index in [1.807, 2.05) is 20.8 Å². The van der Waals surface area contributed by atoms with Crippen molar-refractivity contribution in [2.45, 2.75) is 52.7 Å². The van der Waals surface area contributed by atoms with E-state index in [0.717, 1.165) is 18.4 Å². The van der Waals surface area contributed by atoms with Crippen LogP contribution in [0.25, 0.3) is 0 Å². The molecule has 0 bridgehead atoms. The van der Waals surface area contributed by atoms with E-state index in [1.165, 1.54) is 6.07 Å². The van der Waals surface area contributed by atoms with E-state index in [0.29, 0.717) is 13.0 Å². The summed E-state index contributed by atoms with van der Waals surface area (Å²) in [5, 5.41) is 2.77. The zero-order valence-corrected chi connectivity index (χ0v) is 11.8. The molecule has 4 heteroatoms. The van der Waals surface area contributed by atoms with Gasteiger partial charge in [-0.15, -0.1) is 0 Å². The Labute approximate surface area is 114 Å². The van der Waals surface area contributed by atoms with E-state index in [2.05, 4.69) is 5.32 Å². The maximum Gasteiger partial charge on any atom is 0.220 e. The van der Waals surface area contributed by atoms with Crippen LogP contribution in [0.3, 0.4) is 0 Å². The van der Waals surface area contributed by atoms with Gasteiger partial charge in [-0.25, -0.2) is 4.39 Å². The van der Waals surface area contributed by atoms with Crippen molar-refractivity contribution in [3.63, 3.8) is 0 Å². The highest BCUT2D eigenvalue weighted by molar-refractivity contribution is 5.75. The third-order valence-electron chi connectivity index (χ3n) is 2.61. The highest BCUT2D eigenvalue weighted by Gasteiger charge is 2.07. The summed E-state index contributed by atoms with van der Waals surface area (Å²) in [5.41, 5.74) is 0.735. The van der Waals surface area contributed by atoms with Crippen molar-refractivity contribution < 1.29 is 13.9 Å². The molecule has 0 spiro atoms. The summed E-state index contributed by atoms with van der Waals surface area (Å²) < 4.78 is 19.0. The number of unbranched alkanes of at least 4 members (excludes halogenated alkanes) is 1. The van der Waals surface area contributed by atoms with E-state index in [4.69, 9.17) is 4.74 Å². The van der Waals surface area contributed by atoms with Gasteiger partial charge in [-0.1, -0.05) is 19.4 Å². The lowest BCUT2D eigenvalue weighted by atomic mass is 10.2. The van der Waals surface area contributed by atoms with Crippen molar-refractivity contribution in [2.75, 3.05) is 0 Å². The van der Waals surface area contributed by atoms with Crippen LogP contribution < -0.4 is 10.1 Å². The molecule has 19 heavy (non-hydrogen) atoms. The van der Waals surface area contributed by atoms with Gasteiger partial charge in [0.1, 0.15) is 0 Å². The molecule has 0 aliphatic rings. The van der Waals surface area contributed by atoms with Crippen LogP contribution in [0.5, 0.6) is 5.75 Å². The Morgan fingerprint density at radius 1 is 1.42 bits per heavy atom. The van der Waals surface area contributed by atoms with Crippen molar-refractivity contribution in [1.29, 1.82) is 0 Å². The Kier molecular flexibility index (Phi) is 6.33. The summed E-state index contributed by atoms with van der Waals surface area (Å²) >= 11 is 0. The van der Waals surface area contributed by atoms with Gasteiger partial charge < -0.3 is 10.1 Å². The van der Waals surface area contributed by atoms with Crippen LogP contribution in [0.2, 0.25) is 0 Å². The van der Waals surface area contributed by atoms with Gasteiger partial charge in [0.2, 0.25) is 5.91 Å². The predicted molar refractivity (Wildman–Crippen MR) is 73.5 cm³/mol. The third kappa shape index (κ3) is 5.73. The molecule has 0 aliphatic carbocycles. The molecule has 0 aromatic heterocycles. The molecule has 0 radical (unpaired) electrons. The van der Waals surface area contributed by atoms with Gasteiger partial charge in [-0.3, -0.25) is 4.79 Å². The zero-order chi connectivity index (χ0) is 14.3. The van der Waals surface area contributed by atoms with Crippen LogP contribution in [0.4, 0.5) is 4.39 Å². The molecule has 1 amide bonds. The molecule has 0 aliphatic heterocycles. The highest BCUT2D eigenvalue weighted by atomic mass is 19.1. The fraction of sp³-hybridized carbons (Fsp3) is 0.533. The summed E-state index contributed by atoms with van der Waals surface area (Å²) in [5.74, 6) is -0.144. The van der Waals surface area contributed by atoms with Gasteiger partial charge >= 0.3 is 0 Å². The van der Waals surface area contributed by atoms with Crippen molar-refractivity contribution >= 4 is 5.91 Å². The molecule has 1 rings (SSSR count). The number of nitrogens with one attached hydrogen (secondary N) is 1. The van der Waals surface area contributed by atoms with Gasteiger partial charge in [-0.2, -0.15) is 0 Å². The van der Waals surface area contributed by atoms with E-state index in [9.17, 15) is 9.18 Å². The van der Waals surface area contributed by atoms with Crippen LogP contribution >= 0.6 is 0 Å². The van der Waals surface area contributed by atoms with Crippen LogP contribution in [-0.2, 0) is 11.3 Å². The largest absolute Gasteiger partial charge is 0.488 e. The average molecular weight is 267 g/mol. The number of benzene rings is 1. The standard InChI is InChI=1S/C15H22FNO2/c1-4-5-6-15(18)17-10-12-7-8-14(13(16)9-12)19-11(2)3/h7-9,11H,4-6,10H2,1-3H3,(H,17,18). The fourth-order valence-corrected chi connectivity index (χ4v) is 1.63. The first-order chi connectivity index (χ1) is 9.02. The van der Waals surface area contributed by atoms with Gasteiger partial charge in [0, 0.05) is 13.0 Å². The third-order valence-corrected chi connectivity index (χ3v) is 2.61. The van der Waals surface area contributed by atoms with Gasteiger partial charge in [0.25, 0.3) is 0 Å². The Bertz CT molecular complexity index is 419. The zero-order valence-electron chi connectivity index (χ0n) is 11.8. The molecule has 0 fully saturated rings. The lowest BCUT2D eigenvalue weighted by Gasteiger charge is -2.11. The van der Waals surface area contributed by atoms with Gasteiger partial charge in [0.05, 0.1) is 6.10 Å². The quantitative estimate of drug-likeness (QED) is 0.822. The van der Waals surface area contributed by atoms with Crippen LogP contribution in [-0.4, -0.2) is 12.0 Å². The van der Waals surface area contributed by atoms with Crippen molar-refractivity contribution in [1.82, 2.24) is 5.32 Å². The summed E-state index contributed by atoms with van der Waals surface area (Å²) in [6, 6.07) is 4.77. The van der Waals surface area contributed by atoms with Crippen LogP contribution in [0.1, 0.15) is 45.6 Å². The van der Waals surface area contributed by atoms with Crippen molar-refractivity contribution in [3.8, 4) is 5.75 Å². The topological polar surface area (TPSA) is 38.3 Å². The lowest BCUT2D eigenvalue weighted by Crippen LogP contribution is -2.22. The predicted octanol–water partition coefficient (Wildman–Crippen LogP) is 3.42. The second kappa shape index (κ2) is 7.77. The number of ether oxygens (including phenoxy) is 1. The number of carbonyl (C=O) groups is 1. The minimum atomic E-state index is -0.394. The summed E-state index contributed by atoms with van der Waals surface area (Å²) in [6.07, 6.45) is 2.33. The molecule has 1 aromatic carbocycles.